The Hall–Kier alpha value is 0.0169. The van der Waals surface area contributed by atoms with E-state index in [1.165, 1.54) is 12.8 Å². The fourth-order valence-electron chi connectivity index (χ4n) is 3.78. The molecule has 1 rings (SSSR count). The van der Waals surface area contributed by atoms with Gasteiger partial charge in [-0.2, -0.15) is 0 Å². The third kappa shape index (κ3) is 3.04. The second kappa shape index (κ2) is 7.71. The normalized spacial score (nSPS) is 30.5. The molecule has 2 atom stereocenters. The average Bonchev–Trinajstić information content (AvgIpc) is 2.47. The lowest BCUT2D eigenvalue weighted by molar-refractivity contribution is -0.0553. The molecule has 19 heavy (non-hydrogen) atoms. The van der Waals surface area contributed by atoms with Gasteiger partial charge in [0, 0.05) is 27.9 Å². The van der Waals surface area contributed by atoms with Gasteiger partial charge in [-0.05, 0) is 31.2 Å². The van der Waals surface area contributed by atoms with Crippen molar-refractivity contribution in [1.29, 1.82) is 0 Å². The summed E-state index contributed by atoms with van der Waals surface area (Å²) in [5.74, 6) is 5.90. The molecule has 3 N–H and O–H groups in total. The lowest BCUT2D eigenvalue weighted by Gasteiger charge is -2.52. The number of nitrogens with one attached hydrogen (secondary N) is 1. The van der Waals surface area contributed by atoms with E-state index in [1.54, 1.807) is 14.2 Å². The molecule has 1 aliphatic rings. The number of methoxy groups -OCH3 is 1. The van der Waals surface area contributed by atoms with Gasteiger partial charge in [-0.25, -0.2) is 0 Å². The topological polar surface area (TPSA) is 65.7 Å². The molecule has 0 bridgehead atoms. The summed E-state index contributed by atoms with van der Waals surface area (Å²) < 4.78 is 17.9. The summed E-state index contributed by atoms with van der Waals surface area (Å²) in [6.07, 6.45) is 5.39. The zero-order chi connectivity index (χ0) is 14.4. The van der Waals surface area contributed by atoms with Gasteiger partial charge >= 0.3 is 8.56 Å². The van der Waals surface area contributed by atoms with Gasteiger partial charge in [0.1, 0.15) is 5.22 Å². The Labute approximate surface area is 118 Å². The third-order valence-electron chi connectivity index (χ3n) is 4.75. The van der Waals surface area contributed by atoms with Gasteiger partial charge in [-0.15, -0.1) is 0 Å². The molecule has 0 aromatic carbocycles. The number of hydrazine groups is 1. The third-order valence-corrected chi connectivity index (χ3v) is 9.23. The minimum absolute atomic E-state index is 0.250. The second-order valence-corrected chi connectivity index (χ2v) is 8.98. The van der Waals surface area contributed by atoms with Gasteiger partial charge in [0.15, 0.2) is 0 Å². The van der Waals surface area contributed by atoms with Crippen LogP contribution < -0.4 is 11.3 Å². The lowest BCUT2D eigenvalue weighted by atomic mass is 9.89. The Morgan fingerprint density at radius 1 is 1.32 bits per heavy atom. The fourth-order valence-corrected chi connectivity index (χ4v) is 7.97. The summed E-state index contributed by atoms with van der Waals surface area (Å²) in [6, 6.07) is 1.01. The molecule has 1 aliphatic heterocycles. The fraction of sp³-hybridized carbons (Fsp3) is 1.00. The molecule has 1 heterocycles. The molecule has 0 aromatic rings. The molecule has 0 radical (unpaired) electrons. The summed E-state index contributed by atoms with van der Waals surface area (Å²) >= 11 is 0. The summed E-state index contributed by atoms with van der Waals surface area (Å²) in [6.45, 7) is 3.02. The summed E-state index contributed by atoms with van der Waals surface area (Å²) in [5, 5.41) is -0.250. The number of rotatable bonds is 8. The molecule has 0 aromatic heterocycles. The van der Waals surface area contributed by atoms with Crippen LogP contribution in [0.1, 0.15) is 39.0 Å². The SMILES string of the molecule is CCC1CCC[Si](OC)(OC)C1(CCCNN)OC. The molecule has 114 valence electrons. The predicted octanol–water partition coefficient (Wildman–Crippen LogP) is 1.71. The quantitative estimate of drug-likeness (QED) is 0.308. The molecule has 0 amide bonds. The number of hydrogen-bond acceptors (Lipinski definition) is 5. The Kier molecular flexibility index (Phi) is 6.92. The van der Waals surface area contributed by atoms with Crippen molar-refractivity contribution in [2.75, 3.05) is 27.9 Å². The largest absolute Gasteiger partial charge is 0.396 e. The molecule has 6 heteroatoms. The van der Waals surface area contributed by atoms with Crippen molar-refractivity contribution < 1.29 is 13.6 Å². The molecule has 2 unspecified atom stereocenters. The summed E-state index contributed by atoms with van der Waals surface area (Å²) in [4.78, 5) is 0. The van der Waals surface area contributed by atoms with Gasteiger partial charge in [0.25, 0.3) is 0 Å². The average molecular weight is 290 g/mol. The first-order chi connectivity index (χ1) is 9.16. The molecule has 0 saturated carbocycles. The predicted molar refractivity (Wildman–Crippen MR) is 78.8 cm³/mol. The van der Waals surface area contributed by atoms with Crippen LogP contribution in [-0.4, -0.2) is 41.7 Å². The van der Waals surface area contributed by atoms with Crippen molar-refractivity contribution in [2.45, 2.75) is 50.3 Å². The Bertz CT molecular complexity index is 264. The van der Waals surface area contributed by atoms with Crippen molar-refractivity contribution in [3.63, 3.8) is 0 Å². The van der Waals surface area contributed by atoms with E-state index in [1.807, 2.05) is 7.11 Å². The second-order valence-electron chi connectivity index (χ2n) is 5.31. The first kappa shape index (κ1) is 17.1. The maximum Gasteiger partial charge on any atom is 0.371 e. The van der Waals surface area contributed by atoms with E-state index in [0.717, 1.165) is 31.9 Å². The molecular weight excluding hydrogens is 260 g/mol. The van der Waals surface area contributed by atoms with Crippen molar-refractivity contribution in [3.05, 3.63) is 0 Å². The van der Waals surface area contributed by atoms with Gasteiger partial charge in [0.05, 0.1) is 0 Å². The number of ether oxygens (including phenoxy) is 1. The maximum atomic E-state index is 6.07. The highest BCUT2D eigenvalue weighted by atomic mass is 28.4. The van der Waals surface area contributed by atoms with Gasteiger partial charge in [0.2, 0.25) is 0 Å². The summed E-state index contributed by atoms with van der Waals surface area (Å²) in [5.41, 5.74) is 2.72. The zero-order valence-electron chi connectivity index (χ0n) is 12.8. The van der Waals surface area contributed by atoms with Crippen LogP contribution in [0.15, 0.2) is 0 Å². The standard InChI is InChI=1S/C13H30N2O3Si/c1-5-12-8-6-11-19(17-3,18-4)13(12,16-2)9-7-10-15-14/h12,15H,5-11,14H2,1-4H3. The zero-order valence-corrected chi connectivity index (χ0v) is 13.8. The van der Waals surface area contributed by atoms with E-state index in [-0.39, 0.29) is 5.22 Å². The number of nitrogens with two attached hydrogens (primary N) is 1. The van der Waals surface area contributed by atoms with Crippen molar-refractivity contribution in [3.8, 4) is 0 Å². The summed E-state index contributed by atoms with van der Waals surface area (Å²) in [7, 11) is 3.03. The van der Waals surface area contributed by atoms with Crippen molar-refractivity contribution >= 4 is 8.56 Å². The maximum absolute atomic E-state index is 6.07. The highest BCUT2D eigenvalue weighted by molar-refractivity contribution is 6.70. The highest BCUT2D eigenvalue weighted by Gasteiger charge is 2.62. The van der Waals surface area contributed by atoms with Crippen LogP contribution in [0.5, 0.6) is 0 Å². The molecule has 0 aliphatic carbocycles. The van der Waals surface area contributed by atoms with E-state index in [0.29, 0.717) is 5.92 Å². The number of hydrogen-bond donors (Lipinski definition) is 2. The monoisotopic (exact) mass is 290 g/mol. The van der Waals surface area contributed by atoms with Crippen LogP contribution in [0.4, 0.5) is 0 Å². The van der Waals surface area contributed by atoms with Gasteiger partial charge in [-0.1, -0.05) is 19.8 Å². The van der Waals surface area contributed by atoms with Crippen molar-refractivity contribution in [1.82, 2.24) is 5.43 Å². The minimum Gasteiger partial charge on any atom is -0.396 e. The van der Waals surface area contributed by atoms with Crippen LogP contribution >= 0.6 is 0 Å². The Morgan fingerprint density at radius 2 is 2.00 bits per heavy atom. The van der Waals surface area contributed by atoms with Crippen LogP contribution in [0.2, 0.25) is 6.04 Å². The smallest absolute Gasteiger partial charge is 0.371 e. The molecular formula is C13H30N2O3Si. The van der Waals surface area contributed by atoms with Crippen LogP contribution in [0.25, 0.3) is 0 Å². The highest BCUT2D eigenvalue weighted by Crippen LogP contribution is 2.47. The Balaban J connectivity index is 3.04. The van der Waals surface area contributed by atoms with Gasteiger partial charge in [-0.3, -0.25) is 11.3 Å². The molecule has 1 fully saturated rings. The van der Waals surface area contributed by atoms with E-state index in [4.69, 9.17) is 19.4 Å². The first-order valence-electron chi connectivity index (χ1n) is 7.25. The molecule has 1 saturated heterocycles. The minimum atomic E-state index is -2.34. The van der Waals surface area contributed by atoms with Crippen LogP contribution in [0.3, 0.4) is 0 Å². The van der Waals surface area contributed by atoms with Crippen molar-refractivity contribution in [2.24, 2.45) is 11.8 Å². The van der Waals surface area contributed by atoms with Crippen LogP contribution in [-0.2, 0) is 13.6 Å². The van der Waals surface area contributed by atoms with E-state index < -0.39 is 8.56 Å². The van der Waals surface area contributed by atoms with E-state index in [2.05, 4.69) is 12.3 Å². The van der Waals surface area contributed by atoms with E-state index in [9.17, 15) is 0 Å². The Morgan fingerprint density at radius 3 is 2.47 bits per heavy atom. The first-order valence-corrected chi connectivity index (χ1v) is 9.27. The van der Waals surface area contributed by atoms with Crippen LogP contribution in [0, 0.1) is 5.92 Å². The molecule has 5 nitrogen and oxygen atoms in total. The van der Waals surface area contributed by atoms with Gasteiger partial charge < -0.3 is 13.6 Å². The molecule has 0 spiro atoms. The lowest BCUT2D eigenvalue weighted by Crippen LogP contribution is -2.68. The van der Waals surface area contributed by atoms with E-state index >= 15 is 0 Å².